The van der Waals surface area contributed by atoms with Gasteiger partial charge < -0.3 is 20.5 Å². The van der Waals surface area contributed by atoms with E-state index in [2.05, 4.69) is 10.6 Å². The lowest BCUT2D eigenvalue weighted by Gasteiger charge is -2.10. The minimum Gasteiger partial charge on any atom is -0.494 e. The van der Waals surface area contributed by atoms with Crippen LogP contribution in [0.25, 0.3) is 0 Å². The van der Waals surface area contributed by atoms with Gasteiger partial charge in [0.2, 0.25) is 0 Å². The molecule has 0 aliphatic carbocycles. The van der Waals surface area contributed by atoms with Crippen LogP contribution in [0.1, 0.15) is 18.1 Å². The molecule has 5 nitrogen and oxygen atoms in total. The summed E-state index contributed by atoms with van der Waals surface area (Å²) in [6, 6.07) is 5.53. The first-order valence-electron chi connectivity index (χ1n) is 6.02. The summed E-state index contributed by atoms with van der Waals surface area (Å²) in [6.07, 6.45) is 0. The summed E-state index contributed by atoms with van der Waals surface area (Å²) >= 11 is 0. The van der Waals surface area contributed by atoms with E-state index in [4.69, 9.17) is 9.84 Å². The summed E-state index contributed by atoms with van der Waals surface area (Å²) in [4.78, 5) is 11.3. The van der Waals surface area contributed by atoms with Gasteiger partial charge in [0.15, 0.2) is 0 Å². The molecule has 3 N–H and O–H groups in total. The molecule has 18 heavy (non-hydrogen) atoms. The van der Waals surface area contributed by atoms with E-state index in [1.165, 1.54) is 0 Å². The van der Waals surface area contributed by atoms with Gasteiger partial charge in [-0.25, -0.2) is 4.79 Å². The summed E-state index contributed by atoms with van der Waals surface area (Å²) in [7, 11) is 0. The molecule has 0 radical (unpaired) electrons. The van der Waals surface area contributed by atoms with Gasteiger partial charge in [0.1, 0.15) is 5.75 Å². The van der Waals surface area contributed by atoms with Gasteiger partial charge in [-0.05, 0) is 31.0 Å². The number of amides is 2. The van der Waals surface area contributed by atoms with Crippen molar-refractivity contribution in [3.05, 3.63) is 29.3 Å². The average molecular weight is 252 g/mol. The predicted octanol–water partition coefficient (Wildman–Crippen LogP) is 1.19. The van der Waals surface area contributed by atoms with E-state index >= 15 is 0 Å². The zero-order chi connectivity index (χ0) is 13.4. The van der Waals surface area contributed by atoms with Crippen molar-refractivity contribution in [3.8, 4) is 5.75 Å². The van der Waals surface area contributed by atoms with Crippen molar-refractivity contribution in [2.75, 3.05) is 19.8 Å². The van der Waals surface area contributed by atoms with Gasteiger partial charge in [0, 0.05) is 13.1 Å². The number of aryl methyl sites for hydroxylation is 1. The fourth-order valence-corrected chi connectivity index (χ4v) is 1.55. The summed E-state index contributed by atoms with van der Waals surface area (Å²) < 4.78 is 5.44. The van der Waals surface area contributed by atoms with Crippen LogP contribution in [0.15, 0.2) is 18.2 Å². The third-order valence-corrected chi connectivity index (χ3v) is 2.39. The number of carbonyl (C=O) groups is 1. The van der Waals surface area contributed by atoms with Crippen LogP contribution < -0.4 is 15.4 Å². The van der Waals surface area contributed by atoms with Crippen molar-refractivity contribution in [2.24, 2.45) is 0 Å². The Hall–Kier alpha value is -1.75. The fourth-order valence-electron chi connectivity index (χ4n) is 1.55. The Bertz CT molecular complexity index is 394. The number of benzene rings is 1. The van der Waals surface area contributed by atoms with E-state index in [1.54, 1.807) is 0 Å². The number of ether oxygens (including phenoxy) is 1. The Balaban J connectivity index is 2.48. The molecule has 1 aromatic rings. The number of nitrogens with one attached hydrogen (secondary N) is 2. The van der Waals surface area contributed by atoms with Crippen LogP contribution >= 0.6 is 0 Å². The lowest BCUT2D eigenvalue weighted by Crippen LogP contribution is -2.36. The zero-order valence-electron chi connectivity index (χ0n) is 10.8. The number of hydrogen-bond acceptors (Lipinski definition) is 3. The molecule has 0 atom stereocenters. The summed E-state index contributed by atoms with van der Waals surface area (Å²) in [5.74, 6) is 0.867. The number of rotatable bonds is 6. The first kappa shape index (κ1) is 14.3. The molecule has 0 bridgehead atoms. The second kappa shape index (κ2) is 7.55. The molecule has 5 heteroatoms. The third kappa shape index (κ3) is 4.63. The number of hydrogen-bond donors (Lipinski definition) is 3. The Morgan fingerprint density at radius 3 is 2.78 bits per heavy atom. The minimum atomic E-state index is -0.282. The van der Waals surface area contributed by atoms with Gasteiger partial charge in [-0.1, -0.05) is 12.1 Å². The number of aliphatic hydroxyl groups excluding tert-OH is 1. The molecule has 100 valence electrons. The van der Waals surface area contributed by atoms with Crippen LogP contribution in [0.5, 0.6) is 5.75 Å². The molecule has 0 aliphatic heterocycles. The van der Waals surface area contributed by atoms with E-state index in [-0.39, 0.29) is 19.2 Å². The molecule has 0 aromatic heterocycles. The molecule has 0 aliphatic rings. The predicted molar refractivity (Wildman–Crippen MR) is 69.7 cm³/mol. The largest absolute Gasteiger partial charge is 0.494 e. The quantitative estimate of drug-likeness (QED) is 0.712. The topological polar surface area (TPSA) is 70.6 Å². The number of carbonyl (C=O) groups excluding carboxylic acids is 1. The molecule has 0 saturated heterocycles. The fraction of sp³-hybridized carbons (Fsp3) is 0.462. The first-order valence-corrected chi connectivity index (χ1v) is 6.02. The van der Waals surface area contributed by atoms with Gasteiger partial charge in [-0.3, -0.25) is 0 Å². The average Bonchev–Trinajstić information content (AvgIpc) is 2.37. The van der Waals surface area contributed by atoms with Gasteiger partial charge >= 0.3 is 6.03 Å². The van der Waals surface area contributed by atoms with Crippen molar-refractivity contribution < 1.29 is 14.6 Å². The minimum absolute atomic E-state index is 0.0599. The standard InChI is InChI=1S/C13H20N2O3/c1-3-18-12-5-4-11(8-10(12)2)9-15-13(17)14-6-7-16/h4-5,8,16H,3,6-7,9H2,1-2H3,(H2,14,15,17). The van der Waals surface area contributed by atoms with Crippen molar-refractivity contribution in [3.63, 3.8) is 0 Å². The molecule has 0 saturated carbocycles. The van der Waals surface area contributed by atoms with E-state index < -0.39 is 0 Å². The second-order valence-electron chi connectivity index (χ2n) is 3.87. The molecule has 1 aromatic carbocycles. The zero-order valence-corrected chi connectivity index (χ0v) is 10.8. The van der Waals surface area contributed by atoms with E-state index in [0.717, 1.165) is 16.9 Å². The maximum Gasteiger partial charge on any atom is 0.315 e. The smallest absolute Gasteiger partial charge is 0.315 e. The molecule has 1 rings (SSSR count). The van der Waals surface area contributed by atoms with E-state index in [0.29, 0.717) is 13.2 Å². The van der Waals surface area contributed by atoms with E-state index in [1.807, 2.05) is 32.0 Å². The van der Waals surface area contributed by atoms with Crippen LogP contribution in [-0.4, -0.2) is 30.9 Å². The van der Waals surface area contributed by atoms with E-state index in [9.17, 15) is 4.79 Å². The van der Waals surface area contributed by atoms with Crippen LogP contribution in [0, 0.1) is 6.92 Å². The van der Waals surface area contributed by atoms with Crippen molar-refractivity contribution >= 4 is 6.03 Å². The SMILES string of the molecule is CCOc1ccc(CNC(=O)NCCO)cc1C. The highest BCUT2D eigenvalue weighted by Gasteiger charge is 2.02. The Labute approximate surface area is 107 Å². The van der Waals surface area contributed by atoms with Gasteiger partial charge in [-0.2, -0.15) is 0 Å². The highest BCUT2D eigenvalue weighted by Crippen LogP contribution is 2.18. The van der Waals surface area contributed by atoms with Gasteiger partial charge in [-0.15, -0.1) is 0 Å². The Morgan fingerprint density at radius 1 is 1.39 bits per heavy atom. The molecular weight excluding hydrogens is 232 g/mol. The summed E-state index contributed by atoms with van der Waals surface area (Å²) in [6.45, 7) is 5.21. The molecule has 2 amide bonds. The highest BCUT2D eigenvalue weighted by molar-refractivity contribution is 5.73. The molecular formula is C13H20N2O3. The van der Waals surface area contributed by atoms with Crippen molar-refractivity contribution in [2.45, 2.75) is 20.4 Å². The van der Waals surface area contributed by atoms with Crippen LogP contribution in [0.3, 0.4) is 0 Å². The van der Waals surface area contributed by atoms with Gasteiger partial charge in [0.25, 0.3) is 0 Å². The highest BCUT2D eigenvalue weighted by atomic mass is 16.5. The maximum absolute atomic E-state index is 11.3. The first-order chi connectivity index (χ1) is 8.67. The summed E-state index contributed by atoms with van der Waals surface area (Å²) in [5, 5.41) is 13.8. The third-order valence-electron chi connectivity index (χ3n) is 2.39. The molecule has 0 unspecified atom stereocenters. The lowest BCUT2D eigenvalue weighted by molar-refractivity contribution is 0.234. The normalized spacial score (nSPS) is 9.94. The Morgan fingerprint density at radius 2 is 2.17 bits per heavy atom. The van der Waals surface area contributed by atoms with Gasteiger partial charge in [0.05, 0.1) is 13.2 Å². The molecule has 0 heterocycles. The number of urea groups is 1. The van der Waals surface area contributed by atoms with Crippen molar-refractivity contribution in [1.82, 2.24) is 10.6 Å². The van der Waals surface area contributed by atoms with Crippen LogP contribution in [0.4, 0.5) is 4.79 Å². The van der Waals surface area contributed by atoms with Crippen LogP contribution in [-0.2, 0) is 6.54 Å². The Kier molecular flexibility index (Phi) is 6.00. The molecule has 0 spiro atoms. The number of aliphatic hydroxyl groups is 1. The maximum atomic E-state index is 11.3. The summed E-state index contributed by atoms with van der Waals surface area (Å²) in [5.41, 5.74) is 2.06. The van der Waals surface area contributed by atoms with Crippen LogP contribution in [0.2, 0.25) is 0 Å². The second-order valence-corrected chi connectivity index (χ2v) is 3.87. The lowest BCUT2D eigenvalue weighted by atomic mass is 10.1. The molecule has 0 fully saturated rings. The monoisotopic (exact) mass is 252 g/mol. The van der Waals surface area contributed by atoms with Crippen molar-refractivity contribution in [1.29, 1.82) is 0 Å².